The van der Waals surface area contributed by atoms with Gasteiger partial charge in [-0.2, -0.15) is 13.2 Å². The summed E-state index contributed by atoms with van der Waals surface area (Å²) in [6.45, 7) is 0. The molecule has 4 rings (SSSR count). The summed E-state index contributed by atoms with van der Waals surface area (Å²) in [6, 6.07) is 3.50. The number of H-pyrrole nitrogens is 1. The van der Waals surface area contributed by atoms with Crippen LogP contribution in [0, 0.1) is 0 Å². The van der Waals surface area contributed by atoms with Crippen LogP contribution in [-0.2, 0) is 6.18 Å². The Bertz CT molecular complexity index is 812. The minimum absolute atomic E-state index is 0.230. The molecule has 1 fully saturated rings. The van der Waals surface area contributed by atoms with E-state index in [1.54, 1.807) is 6.20 Å². The van der Waals surface area contributed by atoms with Gasteiger partial charge in [0.1, 0.15) is 10.5 Å². The van der Waals surface area contributed by atoms with E-state index in [1.165, 1.54) is 11.4 Å². The van der Waals surface area contributed by atoms with E-state index in [-0.39, 0.29) is 5.56 Å². The minimum atomic E-state index is -4.32. The summed E-state index contributed by atoms with van der Waals surface area (Å²) in [6.07, 6.45) is 1.39. The molecule has 0 aromatic carbocycles. The molecule has 0 aliphatic heterocycles. The highest BCUT2D eigenvalue weighted by atomic mass is 32.1. The van der Waals surface area contributed by atoms with Gasteiger partial charge in [-0.05, 0) is 41.8 Å². The number of nitrogens with zero attached hydrogens (tertiary/aromatic N) is 1. The maximum atomic E-state index is 13.1. The van der Waals surface area contributed by atoms with Crippen LogP contribution in [0.1, 0.15) is 29.2 Å². The van der Waals surface area contributed by atoms with Crippen molar-refractivity contribution in [1.82, 2.24) is 9.97 Å². The number of halogens is 3. The number of hydrogen-bond acceptors (Lipinski definition) is 2. The second-order valence-corrected chi connectivity index (χ2v) is 6.22. The molecule has 1 aliphatic rings. The first kappa shape index (κ1) is 12.9. The van der Waals surface area contributed by atoms with Crippen molar-refractivity contribution in [3.63, 3.8) is 0 Å². The average molecular weight is 308 g/mol. The molecule has 1 aliphatic carbocycles. The first-order chi connectivity index (χ1) is 10.0. The number of fused-ring (bicyclic) bond motifs is 1. The predicted molar refractivity (Wildman–Crippen MR) is 76.4 cm³/mol. The van der Waals surface area contributed by atoms with Gasteiger partial charge in [-0.25, -0.2) is 4.98 Å². The van der Waals surface area contributed by atoms with Gasteiger partial charge in [0.25, 0.3) is 0 Å². The zero-order chi connectivity index (χ0) is 14.6. The lowest BCUT2D eigenvalue weighted by molar-refractivity contribution is -0.133. The van der Waals surface area contributed by atoms with Crippen LogP contribution in [0.15, 0.2) is 29.9 Å². The van der Waals surface area contributed by atoms with E-state index in [2.05, 4.69) is 9.97 Å². The third kappa shape index (κ3) is 2.14. The second kappa shape index (κ2) is 4.34. The van der Waals surface area contributed by atoms with Gasteiger partial charge in [-0.1, -0.05) is 0 Å². The Kier molecular flexibility index (Phi) is 2.66. The van der Waals surface area contributed by atoms with Crippen LogP contribution in [0.3, 0.4) is 0 Å². The van der Waals surface area contributed by atoms with Gasteiger partial charge in [0.2, 0.25) is 0 Å². The third-order valence-corrected chi connectivity index (χ3v) is 4.77. The molecular weight excluding hydrogens is 297 g/mol. The summed E-state index contributed by atoms with van der Waals surface area (Å²) < 4.78 is 39.2. The van der Waals surface area contributed by atoms with Crippen molar-refractivity contribution in [2.45, 2.75) is 24.9 Å². The highest BCUT2D eigenvalue weighted by Crippen LogP contribution is 2.44. The van der Waals surface area contributed by atoms with Gasteiger partial charge in [-0.3, -0.25) is 0 Å². The molecule has 21 heavy (non-hydrogen) atoms. The van der Waals surface area contributed by atoms with Crippen LogP contribution in [-0.4, -0.2) is 9.97 Å². The lowest BCUT2D eigenvalue weighted by atomic mass is 10.0. The van der Waals surface area contributed by atoms with Gasteiger partial charge >= 0.3 is 6.18 Å². The first-order valence-electron chi connectivity index (χ1n) is 6.66. The Morgan fingerprint density at radius 2 is 2.05 bits per heavy atom. The Morgan fingerprint density at radius 3 is 2.76 bits per heavy atom. The highest BCUT2D eigenvalue weighted by molar-refractivity contribution is 7.10. The largest absolute Gasteiger partial charge is 0.426 e. The van der Waals surface area contributed by atoms with Crippen LogP contribution >= 0.6 is 11.3 Å². The quantitative estimate of drug-likeness (QED) is 0.693. The third-order valence-electron chi connectivity index (χ3n) is 3.81. The molecule has 0 spiro atoms. The van der Waals surface area contributed by atoms with E-state index in [0.717, 1.165) is 35.1 Å². The Morgan fingerprint density at radius 1 is 1.24 bits per heavy atom. The van der Waals surface area contributed by atoms with Crippen molar-refractivity contribution in [3.05, 3.63) is 40.3 Å². The Labute approximate surface area is 122 Å². The fourth-order valence-corrected chi connectivity index (χ4v) is 3.40. The molecular formula is C15H11F3N2S. The van der Waals surface area contributed by atoms with E-state index < -0.39 is 11.1 Å². The summed E-state index contributed by atoms with van der Waals surface area (Å²) in [5.41, 5.74) is 2.56. The molecule has 0 saturated heterocycles. The smallest absolute Gasteiger partial charge is 0.346 e. The molecule has 1 saturated carbocycles. The van der Waals surface area contributed by atoms with E-state index in [9.17, 15) is 13.2 Å². The van der Waals surface area contributed by atoms with E-state index >= 15 is 0 Å². The van der Waals surface area contributed by atoms with Crippen LogP contribution < -0.4 is 0 Å². The number of aromatic nitrogens is 2. The lowest BCUT2D eigenvalue weighted by Gasteiger charge is -2.07. The molecule has 0 unspecified atom stereocenters. The second-order valence-electron chi connectivity index (χ2n) is 5.30. The summed E-state index contributed by atoms with van der Waals surface area (Å²) in [7, 11) is 0. The summed E-state index contributed by atoms with van der Waals surface area (Å²) in [5.74, 6) is 0.522. The molecule has 0 bridgehead atoms. The summed E-state index contributed by atoms with van der Waals surface area (Å²) in [5, 5.41) is 2.25. The van der Waals surface area contributed by atoms with Gasteiger partial charge < -0.3 is 4.98 Å². The number of thiophene rings is 1. The van der Waals surface area contributed by atoms with Crippen LogP contribution in [0.5, 0.6) is 0 Å². The minimum Gasteiger partial charge on any atom is -0.346 e. The Balaban J connectivity index is 1.90. The molecule has 1 N–H and O–H groups in total. The zero-order valence-corrected chi connectivity index (χ0v) is 11.7. The van der Waals surface area contributed by atoms with Crippen molar-refractivity contribution in [2.24, 2.45) is 0 Å². The maximum absolute atomic E-state index is 13.1. The van der Waals surface area contributed by atoms with Crippen LogP contribution in [0.25, 0.3) is 22.2 Å². The highest BCUT2D eigenvalue weighted by Gasteiger charge is 2.35. The first-order valence-corrected chi connectivity index (χ1v) is 7.54. The summed E-state index contributed by atoms with van der Waals surface area (Å²) in [4.78, 5) is 6.74. The zero-order valence-electron chi connectivity index (χ0n) is 10.9. The number of aromatic amines is 1. The van der Waals surface area contributed by atoms with Crippen molar-refractivity contribution in [3.8, 4) is 11.1 Å². The standard InChI is InChI=1S/C15H11F3N2S/c16-15(17,18)13-10(3-4-21-13)12-7-20-14-11(12)5-9(6-19-14)8-1-2-8/h3-8H,1-2H2,(H,19,20). The van der Waals surface area contributed by atoms with E-state index in [0.29, 0.717) is 17.1 Å². The van der Waals surface area contributed by atoms with Crippen LogP contribution in [0.4, 0.5) is 13.2 Å². The monoisotopic (exact) mass is 308 g/mol. The molecule has 3 aromatic heterocycles. The number of rotatable bonds is 2. The van der Waals surface area contributed by atoms with Crippen molar-refractivity contribution in [2.75, 3.05) is 0 Å². The predicted octanol–water partition coefficient (Wildman–Crippen LogP) is 5.19. The number of alkyl halides is 3. The number of hydrogen-bond donors (Lipinski definition) is 1. The van der Waals surface area contributed by atoms with Gasteiger partial charge in [-0.15, -0.1) is 11.3 Å². The topological polar surface area (TPSA) is 28.7 Å². The Hall–Kier alpha value is -1.82. The molecule has 108 valence electrons. The molecule has 2 nitrogen and oxygen atoms in total. The molecule has 0 amide bonds. The van der Waals surface area contributed by atoms with E-state index in [4.69, 9.17) is 0 Å². The maximum Gasteiger partial charge on any atom is 0.426 e. The van der Waals surface area contributed by atoms with Crippen molar-refractivity contribution >= 4 is 22.4 Å². The van der Waals surface area contributed by atoms with Crippen molar-refractivity contribution in [1.29, 1.82) is 0 Å². The van der Waals surface area contributed by atoms with Crippen LogP contribution in [0.2, 0.25) is 0 Å². The van der Waals surface area contributed by atoms with Gasteiger partial charge in [0.15, 0.2) is 0 Å². The normalized spacial score (nSPS) is 15.8. The van der Waals surface area contributed by atoms with Crippen molar-refractivity contribution < 1.29 is 13.2 Å². The fraction of sp³-hybridized carbons (Fsp3) is 0.267. The lowest BCUT2D eigenvalue weighted by Crippen LogP contribution is -2.03. The average Bonchev–Trinajstić information content (AvgIpc) is 3.00. The molecule has 3 aromatic rings. The number of nitrogens with one attached hydrogen (secondary N) is 1. The summed E-state index contributed by atoms with van der Waals surface area (Å²) >= 11 is 0.727. The number of pyridine rings is 1. The SMILES string of the molecule is FC(F)(F)c1sccc1-c1c[nH]c2ncc(C3CC3)cc12. The molecule has 6 heteroatoms. The van der Waals surface area contributed by atoms with Gasteiger partial charge in [0.05, 0.1) is 0 Å². The van der Waals surface area contributed by atoms with Gasteiger partial charge in [0, 0.05) is 28.9 Å². The fourth-order valence-electron chi connectivity index (χ4n) is 2.62. The molecule has 3 heterocycles. The van der Waals surface area contributed by atoms with E-state index in [1.807, 2.05) is 12.3 Å². The molecule has 0 atom stereocenters. The molecule has 0 radical (unpaired) electrons.